The summed E-state index contributed by atoms with van der Waals surface area (Å²) in [5, 5.41) is 0.293. The van der Waals surface area contributed by atoms with Gasteiger partial charge in [0.15, 0.2) is 23.4 Å². The highest BCUT2D eigenvalue weighted by Crippen LogP contribution is 2.55. The molecule has 3 unspecified atom stereocenters. The van der Waals surface area contributed by atoms with Gasteiger partial charge in [-0.15, -0.1) is 0 Å². The van der Waals surface area contributed by atoms with E-state index in [-0.39, 0.29) is 26.4 Å². The van der Waals surface area contributed by atoms with Crippen LogP contribution in [0.25, 0.3) is 0 Å². The van der Waals surface area contributed by atoms with Crippen LogP contribution in [-0.4, -0.2) is 25.9 Å². The van der Waals surface area contributed by atoms with Gasteiger partial charge < -0.3 is 37.9 Å². The Balaban J connectivity index is 1.23. The highest BCUT2D eigenvalue weighted by Gasteiger charge is 2.45. The van der Waals surface area contributed by atoms with Gasteiger partial charge in [0, 0.05) is 12.7 Å². The lowest BCUT2D eigenvalue weighted by Gasteiger charge is -2.40. The Bertz CT molecular complexity index is 2450. The van der Waals surface area contributed by atoms with Gasteiger partial charge in [-0.25, -0.2) is 0 Å². The van der Waals surface area contributed by atoms with Crippen molar-refractivity contribution < 1.29 is 37.9 Å². The normalized spacial score (nSPS) is 15.5. The van der Waals surface area contributed by atoms with Crippen molar-refractivity contribution in [2.45, 2.75) is 58.3 Å². The van der Waals surface area contributed by atoms with Crippen LogP contribution in [0.5, 0.6) is 28.7 Å². The van der Waals surface area contributed by atoms with Crippen LogP contribution in [0.3, 0.4) is 0 Å². The first-order valence-corrected chi connectivity index (χ1v) is 21.7. The largest absolute Gasteiger partial charge is 0.488 e. The lowest BCUT2D eigenvalue weighted by Crippen LogP contribution is -2.39. The Kier molecular flexibility index (Phi) is 15.3. The van der Waals surface area contributed by atoms with Crippen molar-refractivity contribution in [3.63, 3.8) is 0 Å². The molecule has 8 nitrogen and oxygen atoms in total. The van der Waals surface area contributed by atoms with Gasteiger partial charge in [-0.05, 0) is 52.4 Å². The Hall–Kier alpha value is -6.29. The van der Waals surface area contributed by atoms with Gasteiger partial charge in [0.2, 0.25) is 0 Å². The fourth-order valence-corrected chi connectivity index (χ4v) is 7.61. The van der Waals surface area contributed by atoms with Gasteiger partial charge in [-0.1, -0.05) is 169 Å². The molecule has 1 aliphatic heterocycles. The summed E-state index contributed by atoms with van der Waals surface area (Å²) in [6.07, 6.45) is -2.18. The fraction of sp³-hybridized carbons (Fsp3) is 0.222. The predicted molar refractivity (Wildman–Crippen MR) is 245 cm³/mol. The maximum atomic E-state index is 7.41. The number of halogens is 1. The van der Waals surface area contributed by atoms with Crippen molar-refractivity contribution >= 4 is 11.6 Å². The molecule has 0 saturated heterocycles. The third kappa shape index (κ3) is 11.6. The molecule has 3 atom stereocenters. The molecule has 0 saturated carbocycles. The van der Waals surface area contributed by atoms with Crippen molar-refractivity contribution in [2.75, 3.05) is 19.8 Å². The molecular formula is C54H51ClO8. The minimum absolute atomic E-state index is 0.273. The molecule has 7 aromatic rings. The van der Waals surface area contributed by atoms with Gasteiger partial charge in [-0.2, -0.15) is 0 Å². The van der Waals surface area contributed by atoms with Crippen LogP contribution in [0.4, 0.5) is 0 Å². The maximum Gasteiger partial charge on any atom is 0.162 e. The molecule has 63 heavy (non-hydrogen) atoms. The van der Waals surface area contributed by atoms with E-state index < -0.39 is 18.3 Å². The van der Waals surface area contributed by atoms with Crippen molar-refractivity contribution in [2.24, 2.45) is 0 Å². The molecule has 0 aliphatic carbocycles. The van der Waals surface area contributed by atoms with Gasteiger partial charge in [-0.3, -0.25) is 0 Å². The van der Waals surface area contributed by atoms with E-state index in [2.05, 4.69) is 0 Å². The van der Waals surface area contributed by atoms with Crippen LogP contribution in [0, 0.1) is 0 Å². The number of rotatable bonds is 21. The summed E-state index contributed by atoms with van der Waals surface area (Å²) < 4.78 is 52.9. The van der Waals surface area contributed by atoms with Gasteiger partial charge >= 0.3 is 0 Å². The Morgan fingerprint density at radius 3 is 1.43 bits per heavy atom. The van der Waals surface area contributed by atoms with Crippen molar-refractivity contribution in [3.8, 4) is 28.7 Å². The zero-order valence-electron chi connectivity index (χ0n) is 35.3. The SMILES string of the molecule is CCOCCOC1c2c(OCc3ccccc3)cc(OCc3ccccc3)c(Cl)c2OC(c2ccc(OCc3ccccc3)c(OCc3ccccc3)c2)C1OCc1ccccc1. The quantitative estimate of drug-likeness (QED) is 0.0662. The lowest BCUT2D eigenvalue weighted by atomic mass is 9.90. The Labute approximate surface area is 374 Å². The minimum Gasteiger partial charge on any atom is -0.488 e. The molecule has 9 heteroatoms. The summed E-state index contributed by atoms with van der Waals surface area (Å²) in [4.78, 5) is 0. The number of fused-ring (bicyclic) bond motifs is 1. The Morgan fingerprint density at radius 1 is 0.460 bits per heavy atom. The van der Waals surface area contributed by atoms with Crippen LogP contribution in [0.2, 0.25) is 5.02 Å². The van der Waals surface area contributed by atoms with Crippen molar-refractivity contribution in [1.29, 1.82) is 0 Å². The van der Waals surface area contributed by atoms with E-state index in [4.69, 9.17) is 49.5 Å². The topological polar surface area (TPSA) is 73.8 Å². The van der Waals surface area contributed by atoms with Crippen molar-refractivity contribution in [1.82, 2.24) is 0 Å². The molecule has 0 aromatic heterocycles. The van der Waals surface area contributed by atoms with Crippen LogP contribution < -0.4 is 23.7 Å². The first-order valence-electron chi connectivity index (χ1n) is 21.3. The highest BCUT2D eigenvalue weighted by atomic mass is 35.5. The molecule has 322 valence electrons. The van der Waals surface area contributed by atoms with E-state index in [1.807, 2.05) is 183 Å². The fourth-order valence-electron chi connectivity index (χ4n) is 7.36. The third-order valence-corrected chi connectivity index (χ3v) is 10.9. The number of hydrogen-bond donors (Lipinski definition) is 0. The number of ether oxygens (including phenoxy) is 8. The van der Waals surface area contributed by atoms with Crippen LogP contribution in [0.15, 0.2) is 176 Å². The van der Waals surface area contributed by atoms with E-state index in [0.29, 0.717) is 65.8 Å². The summed E-state index contributed by atoms with van der Waals surface area (Å²) in [6, 6.07) is 57.8. The van der Waals surface area contributed by atoms with E-state index in [1.165, 1.54) is 0 Å². The van der Waals surface area contributed by atoms with Crippen LogP contribution in [0.1, 0.15) is 58.1 Å². The average Bonchev–Trinajstić information content (AvgIpc) is 3.34. The molecule has 1 heterocycles. The molecule has 0 fully saturated rings. The van der Waals surface area contributed by atoms with E-state index in [0.717, 1.165) is 33.4 Å². The molecule has 0 amide bonds. The van der Waals surface area contributed by atoms with E-state index in [9.17, 15) is 0 Å². The number of benzene rings is 7. The molecule has 0 N–H and O–H groups in total. The number of hydrogen-bond acceptors (Lipinski definition) is 8. The van der Waals surface area contributed by atoms with E-state index in [1.54, 1.807) is 0 Å². The van der Waals surface area contributed by atoms with Crippen molar-refractivity contribution in [3.05, 3.63) is 220 Å². The van der Waals surface area contributed by atoms with E-state index >= 15 is 0 Å². The van der Waals surface area contributed by atoms with Crippen LogP contribution >= 0.6 is 11.6 Å². The second-order valence-corrected chi connectivity index (χ2v) is 15.4. The first-order chi connectivity index (χ1) is 31.1. The third-order valence-electron chi connectivity index (χ3n) is 10.6. The predicted octanol–water partition coefficient (Wildman–Crippen LogP) is 12.5. The van der Waals surface area contributed by atoms with Gasteiger partial charge in [0.1, 0.15) is 55.2 Å². The second kappa shape index (κ2) is 22.2. The molecule has 0 bridgehead atoms. The van der Waals surface area contributed by atoms with Gasteiger partial charge in [0.25, 0.3) is 0 Å². The summed E-state index contributed by atoms with van der Waals surface area (Å²) in [6.45, 7) is 4.69. The maximum absolute atomic E-state index is 7.41. The monoisotopic (exact) mass is 862 g/mol. The second-order valence-electron chi connectivity index (χ2n) is 15.0. The van der Waals surface area contributed by atoms with Crippen LogP contribution in [-0.2, 0) is 47.2 Å². The Morgan fingerprint density at radius 2 is 0.921 bits per heavy atom. The zero-order valence-corrected chi connectivity index (χ0v) is 36.0. The molecule has 0 radical (unpaired) electrons. The minimum atomic E-state index is -0.746. The average molecular weight is 863 g/mol. The summed E-state index contributed by atoms with van der Waals surface area (Å²) in [5.74, 6) is 2.44. The smallest absolute Gasteiger partial charge is 0.162 e. The summed E-state index contributed by atoms with van der Waals surface area (Å²) in [5.41, 5.74) is 6.42. The molecule has 1 aliphatic rings. The summed E-state index contributed by atoms with van der Waals surface area (Å²) >= 11 is 7.41. The standard InChI is InChI=1S/C54H51ClO8/c1-2-56-30-31-57-53-49-47(60-36-41-22-12-5-13-23-41)33-48(61-37-42-24-14-6-15-25-42)50(55)52(49)63-51(54(53)62-38-43-26-16-7-17-27-43)44-28-29-45(58-34-39-18-8-3-9-19-39)46(32-44)59-35-40-20-10-4-11-21-40/h3-29,32-33,51,53-54H,2,30-31,34-38H2,1H3. The zero-order chi connectivity index (χ0) is 43.1. The molecule has 7 aromatic carbocycles. The molecule has 8 rings (SSSR count). The highest BCUT2D eigenvalue weighted by molar-refractivity contribution is 6.33. The molecular weight excluding hydrogens is 812 g/mol. The summed E-state index contributed by atoms with van der Waals surface area (Å²) in [7, 11) is 0. The molecule has 0 spiro atoms. The van der Waals surface area contributed by atoms with Gasteiger partial charge in [0.05, 0.1) is 25.4 Å². The lowest BCUT2D eigenvalue weighted by molar-refractivity contribution is -0.144. The first kappa shape index (κ1) is 43.4.